The Bertz CT molecular complexity index is 866. The number of methoxy groups -OCH3 is 1. The molecule has 1 N–H and O–H groups in total. The molecule has 0 aliphatic rings. The van der Waals surface area contributed by atoms with Crippen LogP contribution in [0.1, 0.15) is 12.6 Å². The number of aromatic nitrogens is 3. The van der Waals surface area contributed by atoms with Gasteiger partial charge < -0.3 is 10.1 Å². The molecular formula is C14H11ClF2N4OS. The molecule has 3 rings (SSSR count). The number of anilines is 2. The van der Waals surface area contributed by atoms with Crippen molar-refractivity contribution in [3.8, 4) is 5.75 Å². The van der Waals surface area contributed by atoms with E-state index in [1.807, 2.05) is 12.1 Å². The molecule has 0 unspecified atom stereocenters. The second-order valence-corrected chi connectivity index (χ2v) is 6.14. The number of benzene rings is 1. The van der Waals surface area contributed by atoms with Crippen LogP contribution >= 0.6 is 22.9 Å². The molecule has 9 heteroatoms. The number of ether oxygens (including phenoxy) is 1. The number of alkyl halides is 2. The minimum atomic E-state index is -3.11. The molecule has 5 nitrogen and oxygen atoms in total. The Morgan fingerprint density at radius 3 is 2.70 bits per heavy atom. The maximum atomic E-state index is 13.4. The summed E-state index contributed by atoms with van der Waals surface area (Å²) in [6, 6.07) is 6.60. The molecule has 0 saturated carbocycles. The number of nitrogens with zero attached hydrogens (tertiary/aromatic N) is 3. The van der Waals surface area contributed by atoms with E-state index in [1.54, 1.807) is 13.2 Å². The molecule has 0 aliphatic heterocycles. The number of fused-ring (bicyclic) bond motifs is 1. The van der Waals surface area contributed by atoms with Gasteiger partial charge in [0.2, 0.25) is 5.28 Å². The molecule has 0 bridgehead atoms. The Labute approximate surface area is 139 Å². The zero-order chi connectivity index (χ0) is 16.6. The highest BCUT2D eigenvalue weighted by Crippen LogP contribution is 2.32. The Kier molecular flexibility index (Phi) is 4.03. The summed E-state index contributed by atoms with van der Waals surface area (Å²) in [4.78, 5) is 11.8. The average molecular weight is 357 g/mol. The minimum Gasteiger partial charge on any atom is -0.497 e. The maximum Gasteiger partial charge on any atom is 0.287 e. The van der Waals surface area contributed by atoms with Crippen molar-refractivity contribution < 1.29 is 13.5 Å². The molecule has 0 spiro atoms. The van der Waals surface area contributed by atoms with Gasteiger partial charge in [-0.1, -0.05) is 11.3 Å². The van der Waals surface area contributed by atoms with Crippen molar-refractivity contribution in [2.75, 3.05) is 12.4 Å². The van der Waals surface area contributed by atoms with E-state index in [0.717, 1.165) is 23.2 Å². The van der Waals surface area contributed by atoms with Crippen LogP contribution in [0.5, 0.6) is 5.75 Å². The lowest BCUT2D eigenvalue weighted by atomic mass is 10.2. The van der Waals surface area contributed by atoms with Crippen LogP contribution in [-0.2, 0) is 5.92 Å². The van der Waals surface area contributed by atoms with Crippen molar-refractivity contribution in [3.63, 3.8) is 0 Å². The van der Waals surface area contributed by atoms with Crippen LogP contribution in [0.15, 0.2) is 24.3 Å². The molecule has 2 aromatic heterocycles. The molecule has 120 valence electrons. The fourth-order valence-corrected chi connectivity index (χ4v) is 2.99. The van der Waals surface area contributed by atoms with E-state index >= 15 is 0 Å². The maximum absolute atomic E-state index is 13.4. The lowest BCUT2D eigenvalue weighted by Gasteiger charge is -2.11. The van der Waals surface area contributed by atoms with Crippen molar-refractivity contribution in [2.45, 2.75) is 12.8 Å². The third-order valence-corrected chi connectivity index (χ3v) is 4.08. The Hall–Kier alpha value is -2.06. The summed E-state index contributed by atoms with van der Waals surface area (Å²) in [5.74, 6) is -2.23. The van der Waals surface area contributed by atoms with Gasteiger partial charge in [-0.2, -0.15) is 8.78 Å². The quantitative estimate of drug-likeness (QED) is 0.692. The van der Waals surface area contributed by atoms with E-state index in [9.17, 15) is 8.78 Å². The zero-order valence-electron chi connectivity index (χ0n) is 12.1. The summed E-state index contributed by atoms with van der Waals surface area (Å²) in [5.41, 5.74) is 0.308. The number of hydrogen-bond donors (Lipinski definition) is 1. The summed E-state index contributed by atoms with van der Waals surface area (Å²) < 4.78 is 32.9. The van der Waals surface area contributed by atoms with Crippen LogP contribution in [-0.4, -0.2) is 22.1 Å². The first-order valence-electron chi connectivity index (χ1n) is 6.49. The first-order valence-corrected chi connectivity index (χ1v) is 7.69. The Balaban J connectivity index is 1.94. The second kappa shape index (κ2) is 5.86. The molecular weight excluding hydrogens is 346 g/mol. The lowest BCUT2D eigenvalue weighted by molar-refractivity contribution is 0.0127. The molecule has 0 aliphatic carbocycles. The van der Waals surface area contributed by atoms with Crippen molar-refractivity contribution in [2.24, 2.45) is 0 Å². The van der Waals surface area contributed by atoms with E-state index in [2.05, 4.69) is 20.3 Å². The molecule has 0 fully saturated rings. The number of thiazole rings is 1. The van der Waals surface area contributed by atoms with Gasteiger partial charge in [0.1, 0.15) is 17.3 Å². The van der Waals surface area contributed by atoms with E-state index < -0.39 is 11.6 Å². The third-order valence-electron chi connectivity index (χ3n) is 2.98. The number of hydrogen-bond acceptors (Lipinski definition) is 6. The molecule has 23 heavy (non-hydrogen) atoms. The highest BCUT2D eigenvalue weighted by Gasteiger charge is 2.27. The van der Waals surface area contributed by atoms with Gasteiger partial charge in [0.25, 0.3) is 5.92 Å². The monoisotopic (exact) mass is 356 g/mol. The molecule has 2 heterocycles. The van der Waals surface area contributed by atoms with Crippen LogP contribution in [0.2, 0.25) is 5.28 Å². The fourth-order valence-electron chi connectivity index (χ4n) is 1.90. The van der Waals surface area contributed by atoms with Crippen molar-refractivity contribution in [1.82, 2.24) is 15.0 Å². The van der Waals surface area contributed by atoms with Gasteiger partial charge in [-0.25, -0.2) is 15.0 Å². The lowest BCUT2D eigenvalue weighted by Crippen LogP contribution is -2.11. The van der Waals surface area contributed by atoms with Crippen molar-refractivity contribution in [3.05, 3.63) is 35.2 Å². The largest absolute Gasteiger partial charge is 0.497 e. The summed E-state index contributed by atoms with van der Waals surface area (Å²) in [5, 5.41) is 3.13. The fraction of sp³-hybridized carbons (Fsp3) is 0.214. The highest BCUT2D eigenvalue weighted by molar-refractivity contribution is 7.22. The standard InChI is InChI=1S/C14H11ClF2N4OS/c1-14(16,17)10-6-11(20-12(15)19-10)21-13-18-8-4-3-7(22-2)5-9(8)23-13/h3-6H,1-2H3,(H,18,19,20,21). The first kappa shape index (κ1) is 15.8. The Morgan fingerprint density at radius 2 is 2.00 bits per heavy atom. The van der Waals surface area contributed by atoms with Crippen LogP contribution in [0.25, 0.3) is 10.2 Å². The number of rotatable bonds is 4. The van der Waals surface area contributed by atoms with Crippen LogP contribution in [0.4, 0.5) is 19.7 Å². The SMILES string of the molecule is COc1ccc2nc(Nc3cc(C(C)(F)F)nc(Cl)n3)sc2c1. The molecule has 0 atom stereocenters. The topological polar surface area (TPSA) is 59.9 Å². The van der Waals surface area contributed by atoms with Crippen molar-refractivity contribution >= 4 is 44.1 Å². The predicted octanol–water partition coefficient (Wildman–Crippen LogP) is 4.60. The van der Waals surface area contributed by atoms with Crippen molar-refractivity contribution in [1.29, 1.82) is 0 Å². The van der Waals surface area contributed by atoms with Crippen LogP contribution < -0.4 is 10.1 Å². The van der Waals surface area contributed by atoms with E-state index in [-0.39, 0.29) is 11.1 Å². The molecule has 0 amide bonds. The Morgan fingerprint density at radius 1 is 1.22 bits per heavy atom. The predicted molar refractivity (Wildman–Crippen MR) is 86.1 cm³/mol. The van der Waals surface area contributed by atoms with Gasteiger partial charge in [-0.3, -0.25) is 0 Å². The number of halogens is 3. The molecule has 1 aromatic carbocycles. The highest BCUT2D eigenvalue weighted by atomic mass is 35.5. The van der Waals surface area contributed by atoms with Gasteiger partial charge >= 0.3 is 0 Å². The third kappa shape index (κ3) is 3.48. The molecule has 3 aromatic rings. The molecule has 0 saturated heterocycles. The van der Waals surface area contributed by atoms with Gasteiger partial charge in [0.15, 0.2) is 5.13 Å². The van der Waals surface area contributed by atoms with Gasteiger partial charge in [0.05, 0.1) is 17.3 Å². The first-order chi connectivity index (χ1) is 10.8. The number of nitrogens with one attached hydrogen (secondary N) is 1. The van der Waals surface area contributed by atoms with Crippen LogP contribution in [0, 0.1) is 0 Å². The zero-order valence-corrected chi connectivity index (χ0v) is 13.7. The van der Waals surface area contributed by atoms with E-state index in [0.29, 0.717) is 10.9 Å². The normalized spacial score (nSPS) is 11.7. The van der Waals surface area contributed by atoms with E-state index in [4.69, 9.17) is 16.3 Å². The van der Waals surface area contributed by atoms with Gasteiger partial charge in [-0.15, -0.1) is 0 Å². The van der Waals surface area contributed by atoms with Crippen LogP contribution in [0.3, 0.4) is 0 Å². The second-order valence-electron chi connectivity index (χ2n) is 4.77. The van der Waals surface area contributed by atoms with Gasteiger partial charge in [0, 0.05) is 13.0 Å². The minimum absolute atomic E-state index is 0.160. The average Bonchev–Trinajstić information content (AvgIpc) is 2.86. The summed E-state index contributed by atoms with van der Waals surface area (Å²) >= 11 is 7.06. The summed E-state index contributed by atoms with van der Waals surface area (Å²) in [6.07, 6.45) is 0. The van der Waals surface area contributed by atoms with Gasteiger partial charge in [-0.05, 0) is 29.8 Å². The smallest absolute Gasteiger partial charge is 0.287 e. The van der Waals surface area contributed by atoms with E-state index in [1.165, 1.54) is 11.3 Å². The molecule has 0 radical (unpaired) electrons. The summed E-state index contributed by atoms with van der Waals surface area (Å²) in [6.45, 7) is 0.749. The summed E-state index contributed by atoms with van der Waals surface area (Å²) in [7, 11) is 1.58.